The first-order valence-electron chi connectivity index (χ1n) is 13.7. The summed E-state index contributed by atoms with van der Waals surface area (Å²) >= 11 is 0. The van der Waals surface area contributed by atoms with Gasteiger partial charge in [0.2, 0.25) is 0 Å². The van der Waals surface area contributed by atoms with Crippen LogP contribution in [0.1, 0.15) is 55.1 Å². The standard InChI is InChI=1S/C32H38N4O/c1-4-25-21-24(14-17-30(25)37-3)11-9-13-31-34-29-16-15-27(33-26-12-8-10-23(2)20-26)22-28(29)32(35-31)36-18-6-5-7-19-36/h8,10,12,14-17,20-22,33H,4-7,9,11,13,18-19H2,1-3H3. The normalized spacial score (nSPS) is 13.6. The number of aryl methyl sites for hydroxylation is 4. The van der Waals surface area contributed by atoms with Gasteiger partial charge in [0.15, 0.2) is 0 Å². The van der Waals surface area contributed by atoms with Crippen molar-refractivity contribution < 1.29 is 4.74 Å². The topological polar surface area (TPSA) is 50.3 Å². The van der Waals surface area contributed by atoms with Crippen molar-refractivity contribution in [3.63, 3.8) is 0 Å². The van der Waals surface area contributed by atoms with Gasteiger partial charge in [-0.25, -0.2) is 9.97 Å². The summed E-state index contributed by atoms with van der Waals surface area (Å²) in [7, 11) is 1.74. The zero-order chi connectivity index (χ0) is 25.6. The minimum absolute atomic E-state index is 0.869. The molecule has 5 rings (SSSR count). The van der Waals surface area contributed by atoms with Gasteiger partial charge in [0.05, 0.1) is 12.6 Å². The Morgan fingerprint density at radius 2 is 1.73 bits per heavy atom. The molecule has 0 saturated carbocycles. The maximum Gasteiger partial charge on any atom is 0.140 e. The molecule has 0 spiro atoms. The number of piperidine rings is 1. The number of anilines is 3. The fourth-order valence-corrected chi connectivity index (χ4v) is 5.30. The second-order valence-corrected chi connectivity index (χ2v) is 10.1. The number of benzene rings is 3. The molecule has 1 aliphatic heterocycles. The molecule has 0 atom stereocenters. The lowest BCUT2D eigenvalue weighted by molar-refractivity contribution is 0.410. The van der Waals surface area contributed by atoms with Crippen LogP contribution in [-0.2, 0) is 19.3 Å². The lowest BCUT2D eigenvalue weighted by Gasteiger charge is -2.29. The Kier molecular flexibility index (Phi) is 7.88. The van der Waals surface area contributed by atoms with E-state index in [9.17, 15) is 0 Å². The van der Waals surface area contributed by atoms with E-state index in [0.29, 0.717) is 0 Å². The summed E-state index contributed by atoms with van der Waals surface area (Å²) in [5, 5.41) is 4.70. The largest absolute Gasteiger partial charge is 0.496 e. The van der Waals surface area contributed by atoms with Gasteiger partial charge >= 0.3 is 0 Å². The van der Waals surface area contributed by atoms with Gasteiger partial charge in [-0.1, -0.05) is 31.2 Å². The fraction of sp³-hybridized carbons (Fsp3) is 0.375. The summed E-state index contributed by atoms with van der Waals surface area (Å²) in [5.41, 5.74) is 7.05. The minimum atomic E-state index is 0.869. The summed E-state index contributed by atoms with van der Waals surface area (Å²) in [6, 6.07) is 21.5. The first-order valence-corrected chi connectivity index (χ1v) is 13.7. The van der Waals surface area contributed by atoms with Gasteiger partial charge in [0.1, 0.15) is 17.4 Å². The van der Waals surface area contributed by atoms with Gasteiger partial charge < -0.3 is 15.0 Å². The molecule has 1 fully saturated rings. The highest BCUT2D eigenvalue weighted by Gasteiger charge is 2.18. The van der Waals surface area contributed by atoms with Crippen molar-refractivity contribution in [3.8, 4) is 5.75 Å². The average molecular weight is 495 g/mol. The molecule has 2 heterocycles. The number of hydrogen-bond acceptors (Lipinski definition) is 5. The van der Waals surface area contributed by atoms with E-state index < -0.39 is 0 Å². The third kappa shape index (κ3) is 6.04. The van der Waals surface area contributed by atoms with Crippen molar-refractivity contribution in [2.45, 2.75) is 58.8 Å². The van der Waals surface area contributed by atoms with E-state index in [-0.39, 0.29) is 0 Å². The van der Waals surface area contributed by atoms with Crippen molar-refractivity contribution in [2.24, 2.45) is 0 Å². The van der Waals surface area contributed by atoms with E-state index >= 15 is 0 Å². The summed E-state index contributed by atoms with van der Waals surface area (Å²) in [5.74, 6) is 3.01. The average Bonchev–Trinajstić information content (AvgIpc) is 2.93. The lowest BCUT2D eigenvalue weighted by Crippen LogP contribution is -2.30. The number of nitrogens with one attached hydrogen (secondary N) is 1. The van der Waals surface area contributed by atoms with E-state index in [2.05, 4.69) is 84.7 Å². The van der Waals surface area contributed by atoms with Crippen molar-refractivity contribution in [3.05, 3.63) is 83.2 Å². The van der Waals surface area contributed by atoms with Crippen molar-refractivity contribution in [2.75, 3.05) is 30.4 Å². The maximum absolute atomic E-state index is 5.49. The summed E-state index contributed by atoms with van der Waals surface area (Å²) in [6.45, 7) is 6.42. The summed E-state index contributed by atoms with van der Waals surface area (Å²) in [4.78, 5) is 12.6. The number of rotatable bonds is 9. The zero-order valence-corrected chi connectivity index (χ0v) is 22.4. The number of aromatic nitrogens is 2. The van der Waals surface area contributed by atoms with E-state index in [4.69, 9.17) is 14.7 Å². The molecule has 1 aromatic heterocycles. The Morgan fingerprint density at radius 1 is 0.892 bits per heavy atom. The predicted molar refractivity (Wildman–Crippen MR) is 154 cm³/mol. The van der Waals surface area contributed by atoms with Crippen molar-refractivity contribution in [1.82, 2.24) is 9.97 Å². The molecule has 5 nitrogen and oxygen atoms in total. The smallest absolute Gasteiger partial charge is 0.140 e. The van der Waals surface area contributed by atoms with Gasteiger partial charge in [-0.3, -0.25) is 0 Å². The molecule has 0 aliphatic carbocycles. The van der Waals surface area contributed by atoms with Crippen LogP contribution in [0.4, 0.5) is 17.2 Å². The molecule has 5 heteroatoms. The molecule has 1 aliphatic rings. The Hall–Kier alpha value is -3.60. The quantitative estimate of drug-likeness (QED) is 0.262. The van der Waals surface area contributed by atoms with Crippen LogP contribution in [0, 0.1) is 6.92 Å². The first kappa shape index (κ1) is 25.1. The SMILES string of the molecule is CCc1cc(CCCc2nc(N3CCCCC3)c3cc(Nc4cccc(C)c4)ccc3n2)ccc1OC. The van der Waals surface area contributed by atoms with Crippen LogP contribution in [0.25, 0.3) is 10.9 Å². The van der Waals surface area contributed by atoms with Crippen LogP contribution in [0.2, 0.25) is 0 Å². The van der Waals surface area contributed by atoms with E-state index in [1.807, 2.05) is 0 Å². The van der Waals surface area contributed by atoms with Gasteiger partial charge in [0, 0.05) is 36.3 Å². The van der Waals surface area contributed by atoms with Gasteiger partial charge in [-0.15, -0.1) is 0 Å². The second kappa shape index (κ2) is 11.6. The molecular weight excluding hydrogens is 456 g/mol. The van der Waals surface area contributed by atoms with Crippen LogP contribution in [0.15, 0.2) is 60.7 Å². The number of hydrogen-bond donors (Lipinski definition) is 1. The number of methoxy groups -OCH3 is 1. The molecule has 0 radical (unpaired) electrons. The number of nitrogens with zero attached hydrogens (tertiary/aromatic N) is 3. The number of ether oxygens (including phenoxy) is 1. The first-order chi connectivity index (χ1) is 18.1. The fourth-order valence-electron chi connectivity index (χ4n) is 5.30. The molecule has 3 aromatic carbocycles. The zero-order valence-electron chi connectivity index (χ0n) is 22.4. The van der Waals surface area contributed by atoms with Crippen molar-refractivity contribution >= 4 is 28.1 Å². The Balaban J connectivity index is 1.39. The Bertz CT molecular complexity index is 1360. The lowest BCUT2D eigenvalue weighted by atomic mass is 10.0. The highest BCUT2D eigenvalue weighted by Crippen LogP contribution is 2.30. The number of fused-ring (bicyclic) bond motifs is 1. The molecule has 192 valence electrons. The van der Waals surface area contributed by atoms with Crippen LogP contribution < -0.4 is 15.0 Å². The van der Waals surface area contributed by atoms with Crippen LogP contribution in [0.3, 0.4) is 0 Å². The molecule has 0 unspecified atom stereocenters. The van der Waals surface area contributed by atoms with E-state index in [0.717, 1.165) is 78.4 Å². The minimum Gasteiger partial charge on any atom is -0.496 e. The molecule has 37 heavy (non-hydrogen) atoms. The van der Waals surface area contributed by atoms with Gasteiger partial charge in [0.25, 0.3) is 0 Å². The monoisotopic (exact) mass is 494 g/mol. The molecule has 4 aromatic rings. The van der Waals surface area contributed by atoms with Gasteiger partial charge in [-0.2, -0.15) is 0 Å². The van der Waals surface area contributed by atoms with Gasteiger partial charge in [-0.05, 0) is 98.5 Å². The highest BCUT2D eigenvalue weighted by atomic mass is 16.5. The predicted octanol–water partition coefficient (Wildman–Crippen LogP) is 7.42. The molecule has 0 amide bonds. The van der Waals surface area contributed by atoms with Crippen molar-refractivity contribution in [1.29, 1.82) is 0 Å². The van der Waals surface area contributed by atoms with E-state index in [1.54, 1.807) is 7.11 Å². The maximum atomic E-state index is 5.49. The van der Waals surface area contributed by atoms with E-state index in [1.165, 1.54) is 36.0 Å². The third-order valence-corrected chi connectivity index (χ3v) is 7.28. The third-order valence-electron chi connectivity index (χ3n) is 7.28. The van der Waals surface area contributed by atoms with Crippen LogP contribution in [0.5, 0.6) is 5.75 Å². The summed E-state index contributed by atoms with van der Waals surface area (Å²) < 4.78 is 5.49. The summed E-state index contributed by atoms with van der Waals surface area (Å²) in [6.07, 6.45) is 7.62. The molecular formula is C32H38N4O. The van der Waals surface area contributed by atoms with Crippen LogP contribution >= 0.6 is 0 Å². The highest BCUT2D eigenvalue weighted by molar-refractivity contribution is 5.92. The Morgan fingerprint density at radius 3 is 2.51 bits per heavy atom. The molecule has 1 N–H and O–H groups in total. The molecule has 0 bridgehead atoms. The van der Waals surface area contributed by atoms with Crippen LogP contribution in [-0.4, -0.2) is 30.2 Å². The second-order valence-electron chi connectivity index (χ2n) is 10.1. The molecule has 1 saturated heterocycles. The Labute approximate surface area is 220 Å².